The molecule has 0 bridgehead atoms. The fourth-order valence-electron chi connectivity index (χ4n) is 1.89. The van der Waals surface area contributed by atoms with Crippen LogP contribution in [0.4, 0.5) is 0 Å². The van der Waals surface area contributed by atoms with E-state index in [0.717, 1.165) is 19.3 Å². The number of ketones is 1. The zero-order chi connectivity index (χ0) is 12.6. The van der Waals surface area contributed by atoms with Crippen molar-refractivity contribution in [3.8, 4) is 0 Å². The molecule has 1 fully saturated rings. The van der Waals surface area contributed by atoms with Gasteiger partial charge in [-0.25, -0.2) is 0 Å². The molecule has 0 aromatic carbocycles. The highest BCUT2D eigenvalue weighted by Crippen LogP contribution is 2.39. The van der Waals surface area contributed by atoms with E-state index >= 15 is 0 Å². The largest absolute Gasteiger partial charge is 0.407 e. The summed E-state index contributed by atoms with van der Waals surface area (Å²) >= 11 is 0. The molecule has 1 saturated carbocycles. The summed E-state index contributed by atoms with van der Waals surface area (Å²) in [5.74, 6) is 0.888. The molecular weight excluding hydrogens is 216 g/mol. The van der Waals surface area contributed by atoms with Crippen LogP contribution < -0.4 is 0 Å². The van der Waals surface area contributed by atoms with E-state index in [4.69, 9.17) is 4.43 Å². The summed E-state index contributed by atoms with van der Waals surface area (Å²) in [6, 6.07) is 0. The van der Waals surface area contributed by atoms with E-state index in [9.17, 15) is 4.79 Å². The van der Waals surface area contributed by atoms with Crippen molar-refractivity contribution in [2.24, 2.45) is 5.92 Å². The molecule has 2 unspecified atom stereocenters. The summed E-state index contributed by atoms with van der Waals surface area (Å²) in [4.78, 5) is 11.8. The van der Waals surface area contributed by atoms with E-state index in [2.05, 4.69) is 40.8 Å². The molecule has 94 valence electrons. The van der Waals surface area contributed by atoms with Crippen LogP contribution >= 0.6 is 0 Å². The highest BCUT2D eigenvalue weighted by molar-refractivity contribution is 6.74. The Morgan fingerprint density at radius 2 is 1.94 bits per heavy atom. The van der Waals surface area contributed by atoms with E-state index in [-0.39, 0.29) is 11.1 Å². The van der Waals surface area contributed by atoms with Crippen molar-refractivity contribution in [1.29, 1.82) is 0 Å². The lowest BCUT2D eigenvalue weighted by Gasteiger charge is -2.38. The Balaban J connectivity index is 2.65. The van der Waals surface area contributed by atoms with E-state index in [1.807, 2.05) is 0 Å². The molecule has 1 aliphatic rings. The van der Waals surface area contributed by atoms with Crippen LogP contribution in [0.25, 0.3) is 0 Å². The van der Waals surface area contributed by atoms with Gasteiger partial charge in [-0.15, -0.1) is 0 Å². The molecule has 0 amide bonds. The maximum absolute atomic E-state index is 11.8. The van der Waals surface area contributed by atoms with Gasteiger partial charge in [0.25, 0.3) is 0 Å². The first-order chi connectivity index (χ1) is 7.17. The first-order valence-corrected chi connectivity index (χ1v) is 9.28. The van der Waals surface area contributed by atoms with Crippen LogP contribution in [0.2, 0.25) is 18.1 Å². The number of carbonyl (C=O) groups excluding carboxylic acids is 1. The van der Waals surface area contributed by atoms with Crippen LogP contribution in [0.5, 0.6) is 0 Å². The summed E-state index contributed by atoms with van der Waals surface area (Å²) in [5.41, 5.74) is 0. The van der Waals surface area contributed by atoms with Gasteiger partial charge in [0.2, 0.25) is 0 Å². The molecular formula is C13H26O2Si. The lowest BCUT2D eigenvalue weighted by molar-refractivity contribution is -0.123. The van der Waals surface area contributed by atoms with Crippen molar-refractivity contribution >= 4 is 14.1 Å². The minimum absolute atomic E-state index is 0.106. The molecule has 0 aliphatic heterocycles. The zero-order valence-electron chi connectivity index (χ0n) is 11.6. The summed E-state index contributed by atoms with van der Waals surface area (Å²) in [7, 11) is -1.77. The van der Waals surface area contributed by atoms with E-state index in [1.165, 1.54) is 0 Å². The summed E-state index contributed by atoms with van der Waals surface area (Å²) in [6.45, 7) is 13.3. The van der Waals surface area contributed by atoms with Crippen molar-refractivity contribution in [2.45, 2.75) is 71.2 Å². The monoisotopic (exact) mass is 242 g/mol. The molecule has 0 saturated heterocycles. The van der Waals surface area contributed by atoms with Gasteiger partial charge < -0.3 is 4.43 Å². The predicted octanol–water partition coefficient (Wildman–Crippen LogP) is 3.77. The number of hydrogen-bond donors (Lipinski definition) is 0. The van der Waals surface area contributed by atoms with Crippen LogP contribution in [-0.2, 0) is 9.22 Å². The van der Waals surface area contributed by atoms with Gasteiger partial charge in [-0.2, -0.15) is 0 Å². The highest BCUT2D eigenvalue weighted by Gasteiger charge is 2.43. The topological polar surface area (TPSA) is 26.3 Å². The lowest BCUT2D eigenvalue weighted by Crippen LogP contribution is -2.44. The van der Waals surface area contributed by atoms with Crippen molar-refractivity contribution in [2.75, 3.05) is 0 Å². The first-order valence-electron chi connectivity index (χ1n) is 6.38. The zero-order valence-corrected chi connectivity index (χ0v) is 12.6. The number of hydrogen-bond acceptors (Lipinski definition) is 2. The standard InChI is InChI=1S/C13H26O2Si/c1-7-10-8-11(14)12(9-10)15-16(5,6)13(2,3)4/h10,12H,7-9H2,1-6H3. The van der Waals surface area contributed by atoms with Crippen molar-refractivity contribution < 1.29 is 9.22 Å². The van der Waals surface area contributed by atoms with Gasteiger partial charge >= 0.3 is 0 Å². The molecule has 1 rings (SSSR count). The molecule has 0 radical (unpaired) electrons. The molecule has 0 aromatic rings. The van der Waals surface area contributed by atoms with Crippen molar-refractivity contribution in [3.63, 3.8) is 0 Å². The van der Waals surface area contributed by atoms with E-state index in [0.29, 0.717) is 11.7 Å². The van der Waals surface area contributed by atoms with Gasteiger partial charge in [-0.3, -0.25) is 4.79 Å². The molecule has 2 nitrogen and oxygen atoms in total. The third-order valence-corrected chi connectivity index (χ3v) is 8.70. The fourth-order valence-corrected chi connectivity index (χ4v) is 3.18. The van der Waals surface area contributed by atoms with Crippen LogP contribution in [0.1, 0.15) is 47.0 Å². The molecule has 0 spiro atoms. The normalized spacial score (nSPS) is 27.5. The smallest absolute Gasteiger partial charge is 0.193 e. The molecule has 0 heterocycles. The number of rotatable bonds is 3. The van der Waals surface area contributed by atoms with Crippen LogP contribution in [0.15, 0.2) is 0 Å². The summed E-state index contributed by atoms with van der Waals surface area (Å²) < 4.78 is 6.20. The first kappa shape index (κ1) is 13.9. The fraction of sp³-hybridized carbons (Fsp3) is 0.923. The summed E-state index contributed by atoms with van der Waals surface area (Å²) in [5, 5.41) is 0.192. The van der Waals surface area contributed by atoms with Crippen LogP contribution in [0, 0.1) is 5.92 Å². The van der Waals surface area contributed by atoms with Gasteiger partial charge in [0.1, 0.15) is 6.10 Å². The molecule has 0 N–H and O–H groups in total. The summed E-state index contributed by atoms with van der Waals surface area (Å²) in [6.07, 6.45) is 2.67. The Morgan fingerprint density at radius 1 is 1.38 bits per heavy atom. The van der Waals surface area contributed by atoms with Crippen LogP contribution in [0.3, 0.4) is 0 Å². The van der Waals surface area contributed by atoms with Crippen molar-refractivity contribution in [3.05, 3.63) is 0 Å². The lowest BCUT2D eigenvalue weighted by atomic mass is 10.1. The third kappa shape index (κ3) is 2.95. The second kappa shape index (κ2) is 4.61. The minimum atomic E-state index is -1.77. The quantitative estimate of drug-likeness (QED) is 0.704. The molecule has 3 heteroatoms. The SMILES string of the molecule is CCC1CC(=O)C(O[Si](C)(C)C(C)(C)C)C1. The number of Topliss-reactive ketones (excluding diaryl/α,β-unsaturated/α-hetero) is 1. The Bertz CT molecular complexity index is 266. The van der Waals surface area contributed by atoms with Crippen molar-refractivity contribution in [1.82, 2.24) is 0 Å². The minimum Gasteiger partial charge on any atom is -0.407 e. The van der Waals surface area contributed by atoms with Gasteiger partial charge in [0.05, 0.1) is 0 Å². The Labute approximate surface area is 101 Å². The highest BCUT2D eigenvalue weighted by atomic mass is 28.4. The Hall–Kier alpha value is -0.153. The molecule has 1 aliphatic carbocycles. The second-order valence-corrected chi connectivity index (χ2v) is 11.3. The Kier molecular flexibility index (Phi) is 4.01. The van der Waals surface area contributed by atoms with Gasteiger partial charge in [-0.1, -0.05) is 34.1 Å². The van der Waals surface area contributed by atoms with Crippen LogP contribution in [-0.4, -0.2) is 20.2 Å². The molecule has 0 aromatic heterocycles. The van der Waals surface area contributed by atoms with Gasteiger partial charge in [0, 0.05) is 6.42 Å². The maximum Gasteiger partial charge on any atom is 0.193 e. The maximum atomic E-state index is 11.8. The molecule has 16 heavy (non-hydrogen) atoms. The average Bonchev–Trinajstić information content (AvgIpc) is 2.44. The Morgan fingerprint density at radius 3 is 2.31 bits per heavy atom. The van der Waals surface area contributed by atoms with E-state index < -0.39 is 8.32 Å². The predicted molar refractivity (Wildman–Crippen MR) is 70.1 cm³/mol. The molecule has 2 atom stereocenters. The second-order valence-electron chi connectivity index (χ2n) is 6.55. The van der Waals surface area contributed by atoms with E-state index in [1.54, 1.807) is 0 Å². The third-order valence-electron chi connectivity index (χ3n) is 4.22. The van der Waals surface area contributed by atoms with Gasteiger partial charge in [-0.05, 0) is 30.5 Å². The number of carbonyl (C=O) groups is 1. The van der Waals surface area contributed by atoms with Gasteiger partial charge in [0.15, 0.2) is 14.1 Å². The average molecular weight is 242 g/mol.